The zero-order chi connectivity index (χ0) is 15.6. The van der Waals surface area contributed by atoms with E-state index in [1.165, 1.54) is 12.1 Å². The third-order valence-corrected chi connectivity index (χ3v) is 4.40. The van der Waals surface area contributed by atoms with Gasteiger partial charge in [-0.15, -0.1) is 0 Å². The van der Waals surface area contributed by atoms with Crippen molar-refractivity contribution in [3.05, 3.63) is 58.1 Å². The molecule has 2 rings (SSSR count). The number of hydrogen-bond acceptors (Lipinski definition) is 3. The molecule has 112 valence electrons. The summed E-state index contributed by atoms with van der Waals surface area (Å²) in [6.45, 7) is 4.23. The van der Waals surface area contributed by atoms with Crippen molar-refractivity contribution in [2.24, 2.45) is 5.14 Å². The van der Waals surface area contributed by atoms with Crippen LogP contribution in [0.3, 0.4) is 0 Å². The quantitative estimate of drug-likeness (QED) is 0.938. The number of halogens is 1. The van der Waals surface area contributed by atoms with Gasteiger partial charge in [0, 0.05) is 5.02 Å². The minimum Gasteiger partial charge on any atom is -0.487 e. The third kappa shape index (κ3) is 3.75. The number of nitrogens with two attached hydrogens (primary N) is 1. The number of benzene rings is 2. The van der Waals surface area contributed by atoms with E-state index in [-0.39, 0.29) is 17.3 Å². The Hall–Kier alpha value is -1.56. The first-order valence-electron chi connectivity index (χ1n) is 6.29. The Morgan fingerprint density at radius 1 is 1.14 bits per heavy atom. The normalized spacial score (nSPS) is 11.4. The molecule has 0 aromatic heterocycles. The second-order valence-electron chi connectivity index (χ2n) is 4.80. The number of aryl methyl sites for hydroxylation is 2. The van der Waals surface area contributed by atoms with Crippen molar-refractivity contribution in [2.75, 3.05) is 0 Å². The number of hydrogen-bond donors (Lipinski definition) is 1. The van der Waals surface area contributed by atoms with Gasteiger partial charge in [-0.3, -0.25) is 0 Å². The maximum absolute atomic E-state index is 11.6. The average Bonchev–Trinajstić information content (AvgIpc) is 2.38. The van der Waals surface area contributed by atoms with Gasteiger partial charge in [0.25, 0.3) is 0 Å². The predicted octanol–water partition coefficient (Wildman–Crippen LogP) is 3.18. The van der Waals surface area contributed by atoms with E-state index < -0.39 is 10.0 Å². The lowest BCUT2D eigenvalue weighted by atomic mass is 10.0. The van der Waals surface area contributed by atoms with Gasteiger partial charge in [0.1, 0.15) is 17.3 Å². The van der Waals surface area contributed by atoms with Crippen molar-refractivity contribution in [1.82, 2.24) is 0 Å². The molecule has 0 atom stereocenters. The smallest absolute Gasteiger partial charge is 0.241 e. The molecule has 0 spiro atoms. The molecule has 0 radical (unpaired) electrons. The van der Waals surface area contributed by atoms with Crippen LogP contribution in [0.2, 0.25) is 5.02 Å². The van der Waals surface area contributed by atoms with Crippen molar-refractivity contribution < 1.29 is 13.2 Å². The highest BCUT2D eigenvalue weighted by Gasteiger charge is 2.16. The van der Waals surface area contributed by atoms with E-state index in [0.717, 1.165) is 16.7 Å². The van der Waals surface area contributed by atoms with E-state index in [2.05, 4.69) is 0 Å². The molecule has 0 saturated heterocycles. The molecule has 0 aliphatic heterocycles. The van der Waals surface area contributed by atoms with Crippen molar-refractivity contribution >= 4 is 21.6 Å². The molecule has 0 bridgehead atoms. The van der Waals surface area contributed by atoms with Crippen LogP contribution in [0.4, 0.5) is 0 Å². The Morgan fingerprint density at radius 3 is 2.33 bits per heavy atom. The van der Waals surface area contributed by atoms with E-state index in [0.29, 0.717) is 5.02 Å². The highest BCUT2D eigenvalue weighted by molar-refractivity contribution is 7.89. The Labute approximate surface area is 129 Å². The van der Waals surface area contributed by atoms with Gasteiger partial charge in [0.15, 0.2) is 0 Å². The van der Waals surface area contributed by atoms with Crippen LogP contribution in [0, 0.1) is 13.8 Å². The third-order valence-electron chi connectivity index (χ3n) is 3.23. The van der Waals surface area contributed by atoms with Crippen molar-refractivity contribution in [3.8, 4) is 5.75 Å². The number of rotatable bonds is 4. The van der Waals surface area contributed by atoms with Crippen LogP contribution in [0.15, 0.2) is 41.3 Å². The lowest BCUT2D eigenvalue weighted by Crippen LogP contribution is -2.14. The molecule has 0 aliphatic carbocycles. The van der Waals surface area contributed by atoms with Crippen LogP contribution in [0.1, 0.15) is 16.7 Å². The molecular formula is C15H16ClNO3S. The van der Waals surface area contributed by atoms with Crippen LogP contribution in [-0.4, -0.2) is 8.42 Å². The molecule has 0 heterocycles. The number of ether oxygens (including phenoxy) is 1. The second-order valence-corrected chi connectivity index (χ2v) is 6.76. The SMILES string of the molecule is Cc1cccc(C)c1COc1ccc(Cl)cc1S(N)(=O)=O. The summed E-state index contributed by atoms with van der Waals surface area (Å²) in [5.41, 5.74) is 3.19. The zero-order valence-corrected chi connectivity index (χ0v) is 13.3. The Balaban J connectivity index is 2.33. The molecule has 4 nitrogen and oxygen atoms in total. The second kappa shape index (κ2) is 6.05. The fourth-order valence-corrected chi connectivity index (χ4v) is 2.99. The van der Waals surface area contributed by atoms with Crippen LogP contribution in [0.5, 0.6) is 5.75 Å². The van der Waals surface area contributed by atoms with Gasteiger partial charge < -0.3 is 4.74 Å². The highest BCUT2D eigenvalue weighted by Crippen LogP contribution is 2.27. The Morgan fingerprint density at radius 2 is 1.76 bits per heavy atom. The van der Waals surface area contributed by atoms with Crippen molar-refractivity contribution in [1.29, 1.82) is 0 Å². The van der Waals surface area contributed by atoms with Crippen LogP contribution < -0.4 is 9.88 Å². The Bertz CT molecular complexity index is 752. The summed E-state index contributed by atoms with van der Waals surface area (Å²) in [6, 6.07) is 10.3. The van der Waals surface area contributed by atoms with E-state index >= 15 is 0 Å². The maximum Gasteiger partial charge on any atom is 0.241 e. The first-order chi connectivity index (χ1) is 9.79. The highest BCUT2D eigenvalue weighted by atomic mass is 35.5. The lowest BCUT2D eigenvalue weighted by Gasteiger charge is -2.13. The Kier molecular flexibility index (Phi) is 4.56. The summed E-state index contributed by atoms with van der Waals surface area (Å²) in [5.74, 6) is 0.199. The molecule has 0 amide bonds. The van der Waals surface area contributed by atoms with Crippen molar-refractivity contribution in [3.63, 3.8) is 0 Å². The largest absolute Gasteiger partial charge is 0.487 e. The summed E-state index contributed by atoms with van der Waals surface area (Å²) in [5, 5.41) is 5.48. The average molecular weight is 326 g/mol. The zero-order valence-electron chi connectivity index (χ0n) is 11.8. The van der Waals surface area contributed by atoms with Gasteiger partial charge in [-0.05, 0) is 48.7 Å². The summed E-state index contributed by atoms with van der Waals surface area (Å²) < 4.78 is 28.8. The fourth-order valence-electron chi connectivity index (χ4n) is 2.05. The first kappa shape index (κ1) is 15.8. The van der Waals surface area contributed by atoms with Crippen LogP contribution in [0.25, 0.3) is 0 Å². The minimum absolute atomic E-state index is 0.110. The summed E-state index contributed by atoms with van der Waals surface area (Å²) in [4.78, 5) is -0.110. The first-order valence-corrected chi connectivity index (χ1v) is 8.21. The van der Waals surface area contributed by atoms with Crippen molar-refractivity contribution in [2.45, 2.75) is 25.3 Å². The van der Waals surface area contributed by atoms with Gasteiger partial charge in [-0.1, -0.05) is 29.8 Å². The van der Waals surface area contributed by atoms with E-state index in [4.69, 9.17) is 21.5 Å². The van der Waals surface area contributed by atoms with Crippen LogP contribution >= 0.6 is 11.6 Å². The van der Waals surface area contributed by atoms with Gasteiger partial charge >= 0.3 is 0 Å². The molecule has 0 unspecified atom stereocenters. The molecular weight excluding hydrogens is 310 g/mol. The molecule has 0 fully saturated rings. The minimum atomic E-state index is -3.89. The van der Waals surface area contributed by atoms with Gasteiger partial charge in [0.05, 0.1) is 0 Å². The molecule has 21 heavy (non-hydrogen) atoms. The van der Waals surface area contributed by atoms with Crippen LogP contribution in [-0.2, 0) is 16.6 Å². The molecule has 6 heteroatoms. The lowest BCUT2D eigenvalue weighted by molar-refractivity contribution is 0.296. The fraction of sp³-hybridized carbons (Fsp3) is 0.200. The molecule has 0 aliphatic rings. The maximum atomic E-state index is 11.6. The van der Waals surface area contributed by atoms with E-state index in [1.807, 2.05) is 32.0 Å². The molecule has 2 N–H and O–H groups in total. The number of primary sulfonamides is 1. The van der Waals surface area contributed by atoms with Gasteiger partial charge in [-0.25, -0.2) is 13.6 Å². The van der Waals surface area contributed by atoms with Gasteiger partial charge in [-0.2, -0.15) is 0 Å². The summed E-state index contributed by atoms with van der Waals surface area (Å²) in [7, 11) is -3.89. The predicted molar refractivity (Wildman–Crippen MR) is 83.1 cm³/mol. The monoisotopic (exact) mass is 325 g/mol. The number of sulfonamides is 1. The molecule has 2 aromatic rings. The van der Waals surface area contributed by atoms with E-state index in [1.54, 1.807) is 6.07 Å². The van der Waals surface area contributed by atoms with Gasteiger partial charge in [0.2, 0.25) is 10.0 Å². The van der Waals surface area contributed by atoms with E-state index in [9.17, 15) is 8.42 Å². The summed E-state index contributed by atoms with van der Waals surface area (Å²) in [6.07, 6.45) is 0. The topological polar surface area (TPSA) is 69.4 Å². The molecule has 2 aromatic carbocycles. The summed E-state index contributed by atoms with van der Waals surface area (Å²) >= 11 is 5.81. The standard InChI is InChI=1S/C15H16ClNO3S/c1-10-4-3-5-11(2)13(10)9-20-14-7-6-12(16)8-15(14)21(17,18)19/h3-8H,9H2,1-2H3,(H2,17,18,19). The molecule has 0 saturated carbocycles.